The zero-order chi connectivity index (χ0) is 9.84. The third-order valence-corrected chi connectivity index (χ3v) is 2.51. The largest absolute Gasteiger partial charge is 0.508 e. The smallest absolute Gasteiger partial charge is 0.119 e. The Bertz CT molecular complexity index is 278. The lowest BCUT2D eigenvalue weighted by Crippen LogP contribution is -1.97. The third-order valence-electron chi connectivity index (χ3n) is 2.51. The normalized spacial score (nSPS) is 12.8. The van der Waals surface area contributed by atoms with Crippen LogP contribution in [0.25, 0.3) is 0 Å². The molecule has 0 saturated heterocycles. The fraction of sp³-hybridized carbons (Fsp3) is 0.500. The maximum Gasteiger partial charge on any atom is 0.119 e. The average molecular weight is 178 g/mol. The number of aromatic hydroxyl groups is 1. The first-order valence-corrected chi connectivity index (χ1v) is 4.92. The predicted octanol–water partition coefficient (Wildman–Crippen LogP) is 3.29. The summed E-state index contributed by atoms with van der Waals surface area (Å²) in [6.45, 7) is 6.38. The number of benzene rings is 1. The molecule has 0 bridgehead atoms. The summed E-state index contributed by atoms with van der Waals surface area (Å²) in [6, 6.07) is 5.91. The first-order chi connectivity index (χ1) is 6.13. The lowest BCUT2D eigenvalue weighted by molar-refractivity contribution is 0.457. The van der Waals surface area contributed by atoms with Crippen molar-refractivity contribution in [3.05, 3.63) is 29.3 Å². The first-order valence-electron chi connectivity index (χ1n) is 4.92. The second-order valence-electron chi connectivity index (χ2n) is 3.85. The molecular formula is C12H18O. The molecule has 0 aliphatic heterocycles. The van der Waals surface area contributed by atoms with Gasteiger partial charge < -0.3 is 5.11 Å². The van der Waals surface area contributed by atoms with Gasteiger partial charge >= 0.3 is 0 Å². The predicted molar refractivity (Wildman–Crippen MR) is 56.0 cm³/mol. The quantitative estimate of drug-likeness (QED) is 0.753. The Balaban J connectivity index is 2.77. The molecule has 0 radical (unpaired) electrons. The molecule has 1 heteroatoms. The van der Waals surface area contributed by atoms with Gasteiger partial charge in [0.25, 0.3) is 0 Å². The number of hydrogen-bond donors (Lipinski definition) is 1. The van der Waals surface area contributed by atoms with Gasteiger partial charge in [0.15, 0.2) is 0 Å². The Hall–Kier alpha value is -0.980. The van der Waals surface area contributed by atoms with Crippen LogP contribution >= 0.6 is 0 Å². The van der Waals surface area contributed by atoms with Crippen molar-refractivity contribution in [1.82, 2.24) is 0 Å². The molecule has 0 aliphatic rings. The second-order valence-corrected chi connectivity index (χ2v) is 3.85. The van der Waals surface area contributed by atoms with E-state index in [1.54, 1.807) is 0 Å². The Morgan fingerprint density at radius 2 is 2.08 bits per heavy atom. The van der Waals surface area contributed by atoms with E-state index in [-0.39, 0.29) is 0 Å². The van der Waals surface area contributed by atoms with Crippen LogP contribution in [0.1, 0.15) is 31.4 Å². The van der Waals surface area contributed by atoms with Crippen LogP contribution < -0.4 is 0 Å². The number of hydrogen-bond acceptors (Lipinski definition) is 1. The molecule has 1 N–H and O–H groups in total. The van der Waals surface area contributed by atoms with E-state index in [4.69, 9.17) is 0 Å². The molecule has 0 aliphatic carbocycles. The summed E-state index contributed by atoms with van der Waals surface area (Å²) in [7, 11) is 0. The van der Waals surface area contributed by atoms with Crippen molar-refractivity contribution in [2.24, 2.45) is 5.92 Å². The number of rotatable bonds is 3. The van der Waals surface area contributed by atoms with Crippen LogP contribution in [0.2, 0.25) is 0 Å². The molecule has 72 valence electrons. The lowest BCUT2D eigenvalue weighted by Gasteiger charge is -2.10. The minimum Gasteiger partial charge on any atom is -0.508 e. The topological polar surface area (TPSA) is 20.2 Å². The minimum absolute atomic E-state index is 0.445. The molecule has 0 fully saturated rings. The third kappa shape index (κ3) is 2.76. The zero-order valence-electron chi connectivity index (χ0n) is 8.67. The van der Waals surface area contributed by atoms with Crippen molar-refractivity contribution in [1.29, 1.82) is 0 Å². The summed E-state index contributed by atoms with van der Waals surface area (Å²) >= 11 is 0. The SMILES string of the molecule is CC[C@H](C)Cc1ccc(C)cc1O. The highest BCUT2D eigenvalue weighted by molar-refractivity contribution is 5.36. The van der Waals surface area contributed by atoms with E-state index >= 15 is 0 Å². The van der Waals surface area contributed by atoms with Crippen molar-refractivity contribution in [2.45, 2.75) is 33.6 Å². The molecule has 0 aromatic heterocycles. The maximum atomic E-state index is 9.64. The molecule has 1 nitrogen and oxygen atoms in total. The van der Waals surface area contributed by atoms with Crippen LogP contribution in [0, 0.1) is 12.8 Å². The van der Waals surface area contributed by atoms with Crippen molar-refractivity contribution in [2.75, 3.05) is 0 Å². The monoisotopic (exact) mass is 178 g/mol. The molecule has 13 heavy (non-hydrogen) atoms. The molecule has 1 aromatic carbocycles. The summed E-state index contributed by atoms with van der Waals surface area (Å²) in [5.74, 6) is 1.09. The van der Waals surface area contributed by atoms with Crippen molar-refractivity contribution < 1.29 is 5.11 Å². The van der Waals surface area contributed by atoms with E-state index in [9.17, 15) is 5.11 Å². The highest BCUT2D eigenvalue weighted by Gasteiger charge is 2.05. The first kappa shape index (κ1) is 10.1. The zero-order valence-corrected chi connectivity index (χ0v) is 8.67. The highest BCUT2D eigenvalue weighted by Crippen LogP contribution is 2.22. The van der Waals surface area contributed by atoms with Gasteiger partial charge in [-0.15, -0.1) is 0 Å². The minimum atomic E-state index is 0.445. The Morgan fingerprint density at radius 3 is 2.62 bits per heavy atom. The van der Waals surface area contributed by atoms with E-state index < -0.39 is 0 Å². The van der Waals surface area contributed by atoms with Gasteiger partial charge in [0.05, 0.1) is 0 Å². The molecule has 0 heterocycles. The fourth-order valence-electron chi connectivity index (χ4n) is 1.37. The number of aryl methyl sites for hydroxylation is 1. The van der Waals surface area contributed by atoms with Crippen LogP contribution in [-0.2, 0) is 6.42 Å². The van der Waals surface area contributed by atoms with Crippen LogP contribution in [0.15, 0.2) is 18.2 Å². The van der Waals surface area contributed by atoms with Gasteiger partial charge in [0.1, 0.15) is 5.75 Å². The summed E-state index contributed by atoms with van der Waals surface area (Å²) in [6.07, 6.45) is 2.13. The molecule has 0 amide bonds. The second kappa shape index (κ2) is 4.31. The van der Waals surface area contributed by atoms with Gasteiger partial charge in [-0.3, -0.25) is 0 Å². The molecular weight excluding hydrogens is 160 g/mol. The van der Waals surface area contributed by atoms with E-state index in [2.05, 4.69) is 19.9 Å². The number of phenolic OH excluding ortho intramolecular Hbond substituents is 1. The van der Waals surface area contributed by atoms with Crippen LogP contribution in [0.3, 0.4) is 0 Å². The van der Waals surface area contributed by atoms with E-state index in [0.717, 1.165) is 24.0 Å². The van der Waals surface area contributed by atoms with Crippen LogP contribution in [0.4, 0.5) is 0 Å². The lowest BCUT2D eigenvalue weighted by atomic mass is 9.97. The molecule has 0 saturated carbocycles. The summed E-state index contributed by atoms with van der Waals surface area (Å²) in [4.78, 5) is 0. The maximum absolute atomic E-state index is 9.64. The van der Waals surface area contributed by atoms with Crippen molar-refractivity contribution in [3.8, 4) is 5.75 Å². The Labute approximate surface area is 80.4 Å². The summed E-state index contributed by atoms with van der Waals surface area (Å²) in [5.41, 5.74) is 2.19. The standard InChI is InChI=1S/C12H18O/c1-4-9(2)7-11-6-5-10(3)8-12(11)13/h5-6,8-9,13H,4,7H2,1-3H3/t9-/m0/s1. The van der Waals surface area contributed by atoms with Crippen molar-refractivity contribution in [3.63, 3.8) is 0 Å². The van der Waals surface area contributed by atoms with Crippen LogP contribution in [-0.4, -0.2) is 5.11 Å². The Morgan fingerprint density at radius 1 is 1.38 bits per heavy atom. The molecule has 0 spiro atoms. The van der Waals surface area contributed by atoms with Gasteiger partial charge in [0, 0.05) is 0 Å². The van der Waals surface area contributed by atoms with Crippen LogP contribution in [0.5, 0.6) is 5.75 Å². The number of phenols is 1. The van der Waals surface area contributed by atoms with Crippen molar-refractivity contribution >= 4 is 0 Å². The van der Waals surface area contributed by atoms with Gasteiger partial charge in [-0.2, -0.15) is 0 Å². The summed E-state index contributed by atoms with van der Waals surface area (Å²) in [5, 5.41) is 9.64. The van der Waals surface area contributed by atoms with Gasteiger partial charge in [-0.05, 0) is 36.5 Å². The van der Waals surface area contributed by atoms with E-state index in [1.807, 2.05) is 19.1 Å². The van der Waals surface area contributed by atoms with E-state index in [0.29, 0.717) is 11.7 Å². The highest BCUT2D eigenvalue weighted by atomic mass is 16.3. The van der Waals surface area contributed by atoms with Gasteiger partial charge in [-0.1, -0.05) is 32.4 Å². The molecule has 1 atom stereocenters. The fourth-order valence-corrected chi connectivity index (χ4v) is 1.37. The molecule has 1 aromatic rings. The Kier molecular flexibility index (Phi) is 3.35. The van der Waals surface area contributed by atoms with E-state index in [1.165, 1.54) is 0 Å². The summed E-state index contributed by atoms with van der Waals surface area (Å²) < 4.78 is 0. The van der Waals surface area contributed by atoms with Gasteiger partial charge in [0.2, 0.25) is 0 Å². The molecule has 0 unspecified atom stereocenters. The van der Waals surface area contributed by atoms with Gasteiger partial charge in [-0.25, -0.2) is 0 Å². The average Bonchev–Trinajstić information content (AvgIpc) is 2.09. The molecule has 1 rings (SSSR count).